The van der Waals surface area contributed by atoms with Gasteiger partial charge < -0.3 is 15.5 Å². The van der Waals surface area contributed by atoms with Gasteiger partial charge in [0.25, 0.3) is 0 Å². The number of benzene rings is 1. The lowest BCUT2D eigenvalue weighted by Gasteiger charge is -2.14. The zero-order chi connectivity index (χ0) is 15.0. The van der Waals surface area contributed by atoms with Crippen LogP contribution >= 0.6 is 0 Å². The van der Waals surface area contributed by atoms with Crippen molar-refractivity contribution in [3.05, 3.63) is 24.4 Å². The first-order valence-electron chi connectivity index (χ1n) is 6.95. The Kier molecular flexibility index (Phi) is 3.64. The lowest BCUT2D eigenvalue weighted by molar-refractivity contribution is 0.107. The molecule has 21 heavy (non-hydrogen) atoms. The lowest BCUT2D eigenvalue weighted by atomic mass is 10.0. The van der Waals surface area contributed by atoms with Crippen molar-refractivity contribution in [2.45, 2.75) is 24.3 Å². The number of nitrogens with two attached hydrogens (primary N) is 1. The number of H-pyrrole nitrogens is 1. The number of aromatic nitrogens is 1. The minimum atomic E-state index is -3.54. The molecule has 2 heterocycles. The third-order valence-corrected chi connectivity index (χ3v) is 5.49. The van der Waals surface area contributed by atoms with E-state index in [-0.39, 0.29) is 16.9 Å². The highest BCUT2D eigenvalue weighted by molar-refractivity contribution is 7.89. The summed E-state index contributed by atoms with van der Waals surface area (Å²) < 4.78 is 33.0. The minimum absolute atomic E-state index is 0.0930. The second kappa shape index (κ2) is 5.32. The van der Waals surface area contributed by atoms with Crippen LogP contribution in [-0.4, -0.2) is 32.7 Å². The fourth-order valence-electron chi connectivity index (χ4n) is 2.68. The van der Waals surface area contributed by atoms with Crippen molar-refractivity contribution in [3.8, 4) is 0 Å². The van der Waals surface area contributed by atoms with E-state index in [4.69, 9.17) is 10.5 Å². The summed E-state index contributed by atoms with van der Waals surface area (Å²) >= 11 is 0. The number of aromatic amines is 1. The maximum Gasteiger partial charge on any atom is 0.242 e. The quantitative estimate of drug-likeness (QED) is 0.745. The molecule has 1 aliphatic heterocycles. The SMILES string of the molecule is CC1OCCC1CNS(=O)(=O)c1c[nH]c2cc(N)ccc12. The molecule has 2 unspecified atom stereocenters. The van der Waals surface area contributed by atoms with E-state index < -0.39 is 10.0 Å². The molecule has 2 atom stereocenters. The normalized spacial score (nSPS) is 22.9. The van der Waals surface area contributed by atoms with Crippen LogP contribution in [0, 0.1) is 5.92 Å². The number of rotatable bonds is 4. The molecule has 0 saturated carbocycles. The summed E-state index contributed by atoms with van der Waals surface area (Å²) in [5.74, 6) is 0.223. The molecule has 0 spiro atoms. The Hall–Kier alpha value is -1.57. The number of hydrogen-bond acceptors (Lipinski definition) is 4. The summed E-state index contributed by atoms with van der Waals surface area (Å²) in [6.45, 7) is 3.06. The number of sulfonamides is 1. The van der Waals surface area contributed by atoms with Crippen LogP contribution in [0.25, 0.3) is 10.9 Å². The average Bonchev–Trinajstić information content (AvgIpc) is 3.02. The molecule has 1 saturated heterocycles. The lowest BCUT2D eigenvalue weighted by Crippen LogP contribution is -2.31. The highest BCUT2D eigenvalue weighted by Crippen LogP contribution is 2.25. The summed E-state index contributed by atoms with van der Waals surface area (Å²) in [6, 6.07) is 5.14. The molecule has 1 fully saturated rings. The Morgan fingerprint density at radius 3 is 3.00 bits per heavy atom. The van der Waals surface area contributed by atoms with Crippen LogP contribution < -0.4 is 10.5 Å². The summed E-state index contributed by atoms with van der Waals surface area (Å²) in [7, 11) is -3.54. The molecular weight excluding hydrogens is 290 g/mol. The number of hydrogen-bond donors (Lipinski definition) is 3. The molecular formula is C14H19N3O3S. The Bertz CT molecular complexity index is 754. The predicted molar refractivity (Wildman–Crippen MR) is 81.4 cm³/mol. The Morgan fingerprint density at radius 1 is 1.48 bits per heavy atom. The molecule has 114 valence electrons. The van der Waals surface area contributed by atoms with Gasteiger partial charge >= 0.3 is 0 Å². The molecule has 3 rings (SSSR count). The molecule has 4 N–H and O–H groups in total. The predicted octanol–water partition coefficient (Wildman–Crippen LogP) is 1.45. The van der Waals surface area contributed by atoms with Gasteiger partial charge in [-0.15, -0.1) is 0 Å². The summed E-state index contributed by atoms with van der Waals surface area (Å²) in [5, 5.41) is 0.646. The zero-order valence-electron chi connectivity index (χ0n) is 11.8. The average molecular weight is 309 g/mol. The molecule has 0 bridgehead atoms. The van der Waals surface area contributed by atoms with Crippen LogP contribution in [-0.2, 0) is 14.8 Å². The van der Waals surface area contributed by atoms with Crippen LogP contribution in [0.4, 0.5) is 5.69 Å². The smallest absolute Gasteiger partial charge is 0.242 e. The van der Waals surface area contributed by atoms with Crippen LogP contribution in [0.5, 0.6) is 0 Å². The topological polar surface area (TPSA) is 97.2 Å². The first-order valence-corrected chi connectivity index (χ1v) is 8.43. The molecule has 1 aromatic heterocycles. The molecule has 2 aromatic rings. The number of nitrogens with one attached hydrogen (secondary N) is 2. The standard InChI is InChI=1S/C14H19N3O3S/c1-9-10(4-5-20-9)7-17-21(18,19)14-8-16-13-6-11(15)2-3-12(13)14/h2-3,6,8-10,16-17H,4-5,7,15H2,1H3. The largest absolute Gasteiger partial charge is 0.399 e. The van der Waals surface area contributed by atoms with Gasteiger partial charge in [-0.05, 0) is 31.5 Å². The Labute approximate surface area is 123 Å². The first kappa shape index (κ1) is 14.4. The summed E-state index contributed by atoms with van der Waals surface area (Å²) in [4.78, 5) is 3.20. The number of anilines is 1. The maximum atomic E-state index is 12.5. The molecule has 1 aliphatic rings. The maximum absolute atomic E-state index is 12.5. The van der Waals surface area contributed by atoms with E-state index in [9.17, 15) is 8.42 Å². The molecule has 0 radical (unpaired) electrons. The van der Waals surface area contributed by atoms with Crippen LogP contribution in [0.15, 0.2) is 29.3 Å². The van der Waals surface area contributed by atoms with Gasteiger partial charge in [0, 0.05) is 41.9 Å². The van der Waals surface area contributed by atoms with Crippen molar-refractivity contribution in [3.63, 3.8) is 0 Å². The molecule has 1 aromatic carbocycles. The third-order valence-electron chi connectivity index (χ3n) is 4.03. The van der Waals surface area contributed by atoms with E-state index in [0.717, 1.165) is 6.42 Å². The molecule has 6 nitrogen and oxygen atoms in total. The van der Waals surface area contributed by atoms with E-state index in [1.807, 2.05) is 6.92 Å². The van der Waals surface area contributed by atoms with Crippen LogP contribution in [0.3, 0.4) is 0 Å². The monoisotopic (exact) mass is 309 g/mol. The van der Waals surface area contributed by atoms with Crippen molar-refractivity contribution in [2.75, 3.05) is 18.9 Å². The molecule has 7 heteroatoms. The van der Waals surface area contributed by atoms with E-state index >= 15 is 0 Å². The van der Waals surface area contributed by atoms with Gasteiger partial charge in [0.2, 0.25) is 10.0 Å². The Morgan fingerprint density at radius 2 is 2.29 bits per heavy atom. The summed E-state index contributed by atoms with van der Waals surface area (Å²) in [5.41, 5.74) is 7.01. The number of ether oxygens (including phenoxy) is 1. The fraction of sp³-hybridized carbons (Fsp3) is 0.429. The van der Waals surface area contributed by atoms with Gasteiger partial charge in [-0.1, -0.05) is 0 Å². The van der Waals surface area contributed by atoms with Gasteiger partial charge in [0.1, 0.15) is 4.90 Å². The molecule has 0 amide bonds. The van der Waals surface area contributed by atoms with Crippen molar-refractivity contribution < 1.29 is 13.2 Å². The summed E-state index contributed by atoms with van der Waals surface area (Å²) in [6.07, 6.45) is 2.48. The third kappa shape index (κ3) is 2.76. The minimum Gasteiger partial charge on any atom is -0.399 e. The van der Waals surface area contributed by atoms with Crippen molar-refractivity contribution in [1.29, 1.82) is 0 Å². The van der Waals surface area contributed by atoms with E-state index in [1.165, 1.54) is 6.20 Å². The fourth-order valence-corrected chi connectivity index (χ4v) is 3.95. The van der Waals surface area contributed by atoms with Gasteiger partial charge in [0.05, 0.1) is 6.10 Å². The number of nitrogen functional groups attached to an aromatic ring is 1. The van der Waals surface area contributed by atoms with Crippen LogP contribution in [0.2, 0.25) is 0 Å². The van der Waals surface area contributed by atoms with Crippen molar-refractivity contribution in [1.82, 2.24) is 9.71 Å². The molecule has 0 aliphatic carbocycles. The van der Waals surface area contributed by atoms with Crippen LogP contribution in [0.1, 0.15) is 13.3 Å². The highest BCUT2D eigenvalue weighted by atomic mass is 32.2. The Balaban J connectivity index is 1.83. The van der Waals surface area contributed by atoms with Gasteiger partial charge in [-0.3, -0.25) is 0 Å². The first-order chi connectivity index (χ1) is 9.97. The van der Waals surface area contributed by atoms with Gasteiger partial charge in [-0.2, -0.15) is 0 Å². The van der Waals surface area contributed by atoms with Gasteiger partial charge in [-0.25, -0.2) is 13.1 Å². The van der Waals surface area contributed by atoms with E-state index in [1.54, 1.807) is 18.2 Å². The second-order valence-corrected chi connectivity index (χ2v) is 7.17. The second-order valence-electron chi connectivity index (χ2n) is 5.43. The number of fused-ring (bicyclic) bond motifs is 1. The van der Waals surface area contributed by atoms with Crippen molar-refractivity contribution >= 4 is 26.6 Å². The van der Waals surface area contributed by atoms with E-state index in [2.05, 4.69) is 9.71 Å². The van der Waals surface area contributed by atoms with Gasteiger partial charge in [0.15, 0.2) is 0 Å². The zero-order valence-corrected chi connectivity index (χ0v) is 12.6. The van der Waals surface area contributed by atoms with E-state index in [0.29, 0.717) is 29.7 Å². The van der Waals surface area contributed by atoms with Crippen molar-refractivity contribution in [2.24, 2.45) is 5.92 Å². The highest BCUT2D eigenvalue weighted by Gasteiger charge is 2.27.